The molecule has 2 aromatic rings. The van der Waals surface area contributed by atoms with Gasteiger partial charge >= 0.3 is 0 Å². The van der Waals surface area contributed by atoms with Crippen molar-refractivity contribution in [2.45, 2.75) is 57.8 Å². The highest BCUT2D eigenvalue weighted by molar-refractivity contribution is 6.37. The van der Waals surface area contributed by atoms with Crippen molar-refractivity contribution in [1.82, 2.24) is 9.91 Å². The van der Waals surface area contributed by atoms with E-state index in [2.05, 4.69) is 48.9 Å². The van der Waals surface area contributed by atoms with Crippen molar-refractivity contribution in [3.05, 3.63) is 63.1 Å². The molecule has 6 heteroatoms. The van der Waals surface area contributed by atoms with Crippen LogP contribution in [0.1, 0.15) is 55.8 Å². The summed E-state index contributed by atoms with van der Waals surface area (Å²) in [6.07, 6.45) is 2.68. The highest BCUT2D eigenvalue weighted by Gasteiger charge is 2.52. The minimum absolute atomic E-state index is 0.168. The molecule has 4 nitrogen and oxygen atoms in total. The van der Waals surface area contributed by atoms with Crippen molar-refractivity contribution in [1.29, 1.82) is 0 Å². The van der Waals surface area contributed by atoms with Gasteiger partial charge in [-0.05, 0) is 39.0 Å². The van der Waals surface area contributed by atoms with Gasteiger partial charge in [0.05, 0.1) is 16.8 Å². The van der Waals surface area contributed by atoms with E-state index >= 15 is 0 Å². The molecule has 3 heterocycles. The molecular weight excluding hydrogens is 417 g/mol. The molecule has 158 valence electrons. The number of ether oxygens (including phenoxy) is 1. The average molecular weight is 444 g/mol. The number of fused-ring (bicyclic) bond motifs is 4. The van der Waals surface area contributed by atoms with Gasteiger partial charge < -0.3 is 9.64 Å². The Morgan fingerprint density at radius 3 is 2.57 bits per heavy atom. The number of aryl methyl sites for hydroxylation is 1. The van der Waals surface area contributed by atoms with E-state index in [1.807, 2.05) is 12.1 Å². The molecule has 0 N–H and O–H groups in total. The van der Waals surface area contributed by atoms with Crippen LogP contribution in [0.5, 0.6) is 5.75 Å². The summed E-state index contributed by atoms with van der Waals surface area (Å²) in [4.78, 5) is 2.52. The van der Waals surface area contributed by atoms with E-state index < -0.39 is 5.72 Å². The topological polar surface area (TPSA) is 28.1 Å². The van der Waals surface area contributed by atoms with Crippen LogP contribution in [-0.2, 0) is 0 Å². The van der Waals surface area contributed by atoms with Crippen molar-refractivity contribution in [2.24, 2.45) is 5.10 Å². The van der Waals surface area contributed by atoms with Gasteiger partial charge in [0.2, 0.25) is 5.72 Å². The second-order valence-electron chi connectivity index (χ2n) is 8.95. The van der Waals surface area contributed by atoms with Gasteiger partial charge in [-0.25, -0.2) is 5.01 Å². The second-order valence-corrected chi connectivity index (χ2v) is 9.80. The zero-order valence-corrected chi connectivity index (χ0v) is 19.2. The second kappa shape index (κ2) is 7.44. The summed E-state index contributed by atoms with van der Waals surface area (Å²) < 4.78 is 6.73. The monoisotopic (exact) mass is 443 g/mol. The van der Waals surface area contributed by atoms with Crippen LogP contribution in [0.2, 0.25) is 10.0 Å². The van der Waals surface area contributed by atoms with E-state index in [0.29, 0.717) is 16.1 Å². The van der Waals surface area contributed by atoms with Gasteiger partial charge in [-0.2, -0.15) is 5.10 Å². The van der Waals surface area contributed by atoms with E-state index in [1.165, 1.54) is 11.1 Å². The van der Waals surface area contributed by atoms with E-state index in [0.717, 1.165) is 49.4 Å². The maximum Gasteiger partial charge on any atom is 0.200 e. The zero-order valence-electron chi connectivity index (χ0n) is 17.7. The quantitative estimate of drug-likeness (QED) is 0.565. The molecule has 0 aromatic heterocycles. The lowest BCUT2D eigenvalue weighted by atomic mass is 9.90. The lowest BCUT2D eigenvalue weighted by Crippen LogP contribution is -2.59. The summed E-state index contributed by atoms with van der Waals surface area (Å²) in [6.45, 7) is 8.66. The first kappa shape index (κ1) is 20.2. The normalized spacial score (nSPS) is 22.7. The number of benzene rings is 2. The summed E-state index contributed by atoms with van der Waals surface area (Å²) in [5.74, 6) is 0.999. The minimum Gasteiger partial charge on any atom is -0.466 e. The minimum atomic E-state index is -0.404. The Morgan fingerprint density at radius 1 is 1.10 bits per heavy atom. The van der Waals surface area contributed by atoms with Crippen LogP contribution in [0.15, 0.2) is 41.5 Å². The molecule has 1 unspecified atom stereocenters. The SMILES string of the molecule is Cc1ccc2c(c1)C1CC(c3ccc(Cl)cc3Cl)=NN1C1(CCN(C(C)C)CC1)O2. The molecule has 30 heavy (non-hydrogen) atoms. The van der Waals surface area contributed by atoms with Crippen LogP contribution in [0, 0.1) is 6.92 Å². The van der Waals surface area contributed by atoms with Crippen molar-refractivity contribution in [3.8, 4) is 5.75 Å². The van der Waals surface area contributed by atoms with Gasteiger partial charge in [-0.1, -0.05) is 47.0 Å². The molecule has 0 bridgehead atoms. The van der Waals surface area contributed by atoms with E-state index in [1.54, 1.807) is 6.07 Å². The fourth-order valence-electron chi connectivity index (χ4n) is 5.01. The number of nitrogens with zero attached hydrogens (tertiary/aromatic N) is 3. The molecule has 1 spiro atoms. The van der Waals surface area contributed by atoms with Gasteiger partial charge in [-0.15, -0.1) is 0 Å². The third-order valence-corrected chi connectivity index (χ3v) is 7.25. The Balaban J connectivity index is 1.56. The fraction of sp³-hybridized carbons (Fsp3) is 0.458. The van der Waals surface area contributed by atoms with Gasteiger partial charge in [0, 0.05) is 54.5 Å². The predicted molar refractivity (Wildman–Crippen MR) is 123 cm³/mol. The van der Waals surface area contributed by atoms with Crippen LogP contribution in [-0.4, -0.2) is 40.5 Å². The van der Waals surface area contributed by atoms with E-state index in [4.69, 9.17) is 33.0 Å². The number of hydrogen-bond donors (Lipinski definition) is 0. The van der Waals surface area contributed by atoms with E-state index in [9.17, 15) is 0 Å². The smallest absolute Gasteiger partial charge is 0.200 e. The van der Waals surface area contributed by atoms with Crippen molar-refractivity contribution >= 4 is 28.9 Å². The van der Waals surface area contributed by atoms with Crippen molar-refractivity contribution < 1.29 is 4.74 Å². The molecule has 0 radical (unpaired) electrons. The Hall–Kier alpha value is -1.75. The Labute approximate surface area is 188 Å². The van der Waals surface area contributed by atoms with Crippen molar-refractivity contribution in [2.75, 3.05) is 13.1 Å². The molecule has 0 saturated carbocycles. The lowest BCUT2D eigenvalue weighted by Gasteiger charge is -2.51. The standard InChI is InChI=1S/C24H27Cl2N3O/c1-15(2)28-10-8-24(9-11-28)29-22(19-12-16(3)4-7-23(19)30-24)14-21(27-29)18-6-5-17(25)13-20(18)26/h4-7,12-13,15,22H,8-11,14H2,1-3H3. The van der Waals surface area contributed by atoms with Crippen LogP contribution in [0.25, 0.3) is 0 Å². The molecule has 0 aliphatic carbocycles. The molecule has 3 aliphatic heterocycles. The average Bonchev–Trinajstić information content (AvgIpc) is 3.15. The number of likely N-dealkylation sites (tertiary alicyclic amines) is 1. The first-order valence-corrected chi connectivity index (χ1v) is 11.5. The van der Waals surface area contributed by atoms with E-state index in [-0.39, 0.29) is 6.04 Å². The third kappa shape index (κ3) is 3.30. The number of hydrazone groups is 1. The van der Waals surface area contributed by atoms with Gasteiger partial charge in [-0.3, -0.25) is 0 Å². The molecule has 2 aromatic carbocycles. The summed E-state index contributed by atoms with van der Waals surface area (Å²) in [5, 5.41) is 8.66. The van der Waals surface area contributed by atoms with Gasteiger partial charge in [0.15, 0.2) is 0 Å². The largest absolute Gasteiger partial charge is 0.466 e. The van der Waals surface area contributed by atoms with Gasteiger partial charge in [0.1, 0.15) is 5.75 Å². The molecule has 1 saturated heterocycles. The number of piperidine rings is 1. The first-order valence-electron chi connectivity index (χ1n) is 10.7. The van der Waals surface area contributed by atoms with Crippen LogP contribution in [0.3, 0.4) is 0 Å². The zero-order chi connectivity index (χ0) is 21.0. The Kier molecular flexibility index (Phi) is 5.00. The highest BCUT2D eigenvalue weighted by atomic mass is 35.5. The molecule has 1 atom stereocenters. The maximum atomic E-state index is 6.73. The summed E-state index contributed by atoms with van der Waals surface area (Å²) in [7, 11) is 0. The summed E-state index contributed by atoms with van der Waals surface area (Å²) >= 11 is 12.7. The van der Waals surface area contributed by atoms with Crippen molar-refractivity contribution in [3.63, 3.8) is 0 Å². The highest BCUT2D eigenvalue weighted by Crippen LogP contribution is 2.50. The van der Waals surface area contributed by atoms with Crippen LogP contribution in [0.4, 0.5) is 0 Å². The molecule has 3 aliphatic rings. The predicted octanol–water partition coefficient (Wildman–Crippen LogP) is 6.05. The number of rotatable bonds is 2. The lowest BCUT2D eigenvalue weighted by molar-refractivity contribution is -0.152. The number of halogens is 2. The molecule has 1 fully saturated rings. The summed E-state index contributed by atoms with van der Waals surface area (Å²) in [5.41, 5.74) is 4.01. The molecule has 0 amide bonds. The Bertz CT molecular complexity index is 1010. The number of hydrogen-bond acceptors (Lipinski definition) is 4. The summed E-state index contributed by atoms with van der Waals surface area (Å²) in [6, 6.07) is 12.9. The molecular formula is C24H27Cl2N3O. The van der Waals surface area contributed by atoms with Crippen LogP contribution < -0.4 is 4.74 Å². The van der Waals surface area contributed by atoms with Gasteiger partial charge in [0.25, 0.3) is 0 Å². The molecule has 5 rings (SSSR count). The first-order chi connectivity index (χ1) is 14.4. The maximum absolute atomic E-state index is 6.73. The fourth-order valence-corrected chi connectivity index (χ4v) is 5.53. The van der Waals surface area contributed by atoms with Crippen LogP contribution >= 0.6 is 23.2 Å². The third-order valence-electron chi connectivity index (χ3n) is 6.70. The Morgan fingerprint density at radius 2 is 1.87 bits per heavy atom.